The van der Waals surface area contributed by atoms with Crippen molar-refractivity contribution < 1.29 is 31.2 Å². The highest BCUT2D eigenvalue weighted by Gasteiger charge is 2.20. The molecule has 0 fully saturated rings. The lowest BCUT2D eigenvalue weighted by molar-refractivity contribution is 0.246. The van der Waals surface area contributed by atoms with Crippen molar-refractivity contribution in [2.45, 2.75) is 9.79 Å². The Labute approximate surface area is 153 Å². The summed E-state index contributed by atoms with van der Waals surface area (Å²) in [5.41, 5.74) is 0. The first-order valence-electron chi connectivity index (χ1n) is 7.09. The molecule has 0 atom stereocenters. The number of nitrogens with zero attached hydrogens (tertiary/aromatic N) is 2. The van der Waals surface area contributed by atoms with E-state index >= 15 is 0 Å². The van der Waals surface area contributed by atoms with Crippen molar-refractivity contribution in [2.75, 3.05) is 0 Å². The van der Waals surface area contributed by atoms with Gasteiger partial charge in [0.05, 0.1) is 9.79 Å². The number of sulfonamides is 2. The summed E-state index contributed by atoms with van der Waals surface area (Å²) in [5.74, 6) is 0.543. The van der Waals surface area contributed by atoms with E-state index in [9.17, 15) is 26.4 Å². The molecule has 0 spiro atoms. The Morgan fingerprint density at radius 3 is 1.30 bits per heavy atom. The second kappa shape index (κ2) is 6.77. The highest BCUT2D eigenvalue weighted by molar-refractivity contribution is 7.90. The fourth-order valence-corrected chi connectivity index (χ4v) is 3.76. The molecule has 4 bridgehead atoms. The predicted octanol–water partition coefficient (Wildman–Crippen LogP) is 1.74. The summed E-state index contributed by atoms with van der Waals surface area (Å²) >= 11 is 0. The van der Waals surface area contributed by atoms with Crippen molar-refractivity contribution in [1.82, 2.24) is 9.44 Å². The molecule has 0 saturated carbocycles. The van der Waals surface area contributed by atoms with Crippen LogP contribution in [0.3, 0.4) is 0 Å². The van der Waals surface area contributed by atoms with E-state index < -0.39 is 32.1 Å². The highest BCUT2D eigenvalue weighted by Crippen LogP contribution is 2.24. The number of amides is 4. The van der Waals surface area contributed by atoms with Gasteiger partial charge in [0, 0.05) is 0 Å². The van der Waals surface area contributed by atoms with Crippen molar-refractivity contribution in [2.24, 2.45) is 10.2 Å². The van der Waals surface area contributed by atoms with Crippen molar-refractivity contribution in [3.05, 3.63) is 48.5 Å². The SMILES string of the molecule is O=C1N=NC(=O)NS(=O)(=O)c2ccc(cc2)Oc2ccc(cc2)S(=O)(=O)N1. The molecule has 3 aliphatic heterocycles. The summed E-state index contributed by atoms with van der Waals surface area (Å²) in [6.45, 7) is 0. The lowest BCUT2D eigenvalue weighted by Gasteiger charge is -2.08. The molecule has 5 rings (SSSR count). The minimum absolute atomic E-state index is 0.259. The first-order chi connectivity index (χ1) is 12.7. The zero-order chi connectivity index (χ0) is 19.7. The van der Waals surface area contributed by atoms with Crippen molar-refractivity contribution in [3.63, 3.8) is 0 Å². The Kier molecular flexibility index (Phi) is 4.63. The summed E-state index contributed by atoms with van der Waals surface area (Å²) in [6.07, 6.45) is 0. The van der Waals surface area contributed by atoms with Crippen LogP contribution in [0.2, 0.25) is 0 Å². The third-order valence-electron chi connectivity index (χ3n) is 3.18. The molecule has 0 radical (unpaired) electrons. The molecule has 27 heavy (non-hydrogen) atoms. The van der Waals surface area contributed by atoms with Crippen molar-refractivity contribution >= 4 is 32.1 Å². The van der Waals surface area contributed by atoms with Gasteiger partial charge in [0.15, 0.2) is 0 Å². The van der Waals surface area contributed by atoms with Crippen molar-refractivity contribution in [1.29, 1.82) is 0 Å². The van der Waals surface area contributed by atoms with E-state index in [4.69, 9.17) is 4.74 Å². The van der Waals surface area contributed by atoms with Gasteiger partial charge < -0.3 is 4.74 Å². The molecule has 2 N–H and O–H groups in total. The lowest BCUT2D eigenvalue weighted by Crippen LogP contribution is -2.30. The predicted molar refractivity (Wildman–Crippen MR) is 89.2 cm³/mol. The molecule has 3 heterocycles. The molecular weight excluding hydrogens is 400 g/mol. The van der Waals surface area contributed by atoms with E-state index in [1.54, 1.807) is 9.44 Å². The zero-order valence-electron chi connectivity index (χ0n) is 13.2. The van der Waals surface area contributed by atoms with Crippen LogP contribution < -0.4 is 14.2 Å². The summed E-state index contributed by atoms with van der Waals surface area (Å²) < 4.78 is 56.9. The number of urea groups is 2. The second-order valence-electron chi connectivity index (χ2n) is 5.07. The molecule has 140 valence electrons. The van der Waals surface area contributed by atoms with Crippen LogP contribution in [0.1, 0.15) is 0 Å². The van der Waals surface area contributed by atoms with Gasteiger partial charge in [-0.25, -0.2) is 35.9 Å². The fraction of sp³-hybridized carbons (Fsp3) is 0. The maximum Gasteiger partial charge on any atom is 0.373 e. The quantitative estimate of drug-likeness (QED) is 0.668. The normalized spacial score (nSPS) is 18.2. The summed E-state index contributed by atoms with van der Waals surface area (Å²) in [4.78, 5) is 22.6. The standard InChI is InChI=1S/C14H10N4O7S2/c19-13-15-16-14(20)18-27(23,24)12-7-3-10(4-8-12)25-9-1-5-11(6-2-9)26(21,22)17-13/h1-8H,(H,17,19)(H,18,20). The van der Waals surface area contributed by atoms with Gasteiger partial charge in [0.1, 0.15) is 11.5 Å². The van der Waals surface area contributed by atoms with Gasteiger partial charge in [-0.3, -0.25) is 0 Å². The third kappa shape index (κ3) is 4.27. The van der Waals surface area contributed by atoms with E-state index in [1.165, 1.54) is 48.5 Å². The second-order valence-corrected chi connectivity index (χ2v) is 8.43. The minimum Gasteiger partial charge on any atom is -0.457 e. The first-order valence-corrected chi connectivity index (χ1v) is 10.1. The Hall–Kier alpha value is -3.32. The molecule has 0 saturated heterocycles. The largest absolute Gasteiger partial charge is 0.457 e. The number of fused-ring (bicyclic) bond motifs is 2. The fourth-order valence-electron chi connectivity index (χ4n) is 1.99. The highest BCUT2D eigenvalue weighted by atomic mass is 32.2. The zero-order valence-corrected chi connectivity index (χ0v) is 14.8. The number of nitrogens with one attached hydrogen (secondary N) is 2. The number of ether oxygens (including phenoxy) is 1. The maximum absolute atomic E-state index is 12.1. The number of hydrogen-bond acceptors (Lipinski definition) is 7. The monoisotopic (exact) mass is 410 g/mol. The van der Waals surface area contributed by atoms with E-state index in [0.29, 0.717) is 0 Å². The molecule has 11 nitrogen and oxygen atoms in total. The summed E-state index contributed by atoms with van der Waals surface area (Å²) in [7, 11) is -8.55. The smallest absolute Gasteiger partial charge is 0.373 e. The van der Waals surface area contributed by atoms with Gasteiger partial charge in [0.25, 0.3) is 20.0 Å². The van der Waals surface area contributed by atoms with Crippen LogP contribution in [-0.4, -0.2) is 28.9 Å². The van der Waals surface area contributed by atoms with Crippen LogP contribution >= 0.6 is 0 Å². The molecule has 4 amide bonds. The van der Waals surface area contributed by atoms with Gasteiger partial charge in [-0.2, -0.15) is 0 Å². The third-order valence-corrected chi connectivity index (χ3v) is 5.85. The molecule has 0 aromatic heterocycles. The number of hydrogen-bond donors (Lipinski definition) is 2. The van der Waals surface area contributed by atoms with E-state index in [2.05, 4.69) is 10.2 Å². The van der Waals surface area contributed by atoms with Crippen LogP contribution in [0.15, 0.2) is 68.6 Å². The molecule has 13 heteroatoms. The van der Waals surface area contributed by atoms with Gasteiger partial charge in [0.2, 0.25) is 0 Å². The molecular formula is C14H10N4O7S2. The molecule has 3 aliphatic rings. The Morgan fingerprint density at radius 2 is 0.963 bits per heavy atom. The van der Waals surface area contributed by atoms with Crippen LogP contribution in [0.5, 0.6) is 11.5 Å². The van der Waals surface area contributed by atoms with E-state index in [1.807, 2.05) is 0 Å². The molecule has 2 aromatic rings. The van der Waals surface area contributed by atoms with Gasteiger partial charge in [-0.1, -0.05) is 10.2 Å². The lowest BCUT2D eigenvalue weighted by atomic mass is 10.3. The molecule has 0 unspecified atom stereocenters. The van der Waals surface area contributed by atoms with Crippen LogP contribution in [0.25, 0.3) is 0 Å². The van der Waals surface area contributed by atoms with E-state index in [-0.39, 0.29) is 21.3 Å². The maximum atomic E-state index is 12.1. The van der Waals surface area contributed by atoms with Gasteiger partial charge in [-0.15, -0.1) is 0 Å². The molecule has 2 aromatic carbocycles. The van der Waals surface area contributed by atoms with Gasteiger partial charge in [-0.05, 0) is 48.5 Å². The number of carbonyl (C=O) groups is 2. The average Bonchev–Trinajstić information content (AvgIpc) is 2.60. The number of azo groups is 1. The van der Waals surface area contributed by atoms with E-state index in [0.717, 1.165) is 0 Å². The first kappa shape index (κ1) is 18.5. The van der Waals surface area contributed by atoms with Crippen LogP contribution in [0, 0.1) is 0 Å². The van der Waals surface area contributed by atoms with Crippen LogP contribution in [0.4, 0.5) is 9.59 Å². The van der Waals surface area contributed by atoms with Crippen LogP contribution in [-0.2, 0) is 20.0 Å². The summed E-state index contributed by atoms with van der Waals surface area (Å²) in [6, 6.07) is 7.16. The number of benzene rings is 2. The number of carbonyl (C=O) groups excluding carboxylic acids is 2. The Bertz CT molecular complexity index is 1050. The van der Waals surface area contributed by atoms with Crippen molar-refractivity contribution in [3.8, 4) is 11.5 Å². The van der Waals surface area contributed by atoms with Gasteiger partial charge >= 0.3 is 12.1 Å². The number of rotatable bonds is 0. The minimum atomic E-state index is -4.28. The Morgan fingerprint density at radius 1 is 0.630 bits per heavy atom. The molecule has 0 aliphatic carbocycles. The topological polar surface area (TPSA) is 160 Å². The summed E-state index contributed by atoms with van der Waals surface area (Å²) in [5, 5.41) is 5.67. The Balaban J connectivity index is 2.06. The average molecular weight is 410 g/mol.